The number of methoxy groups -OCH3 is 1. The predicted octanol–water partition coefficient (Wildman–Crippen LogP) is 3.10. The minimum atomic E-state index is -0.512. The number of aromatic nitrogens is 2. The van der Waals surface area contributed by atoms with Crippen LogP contribution in [0.4, 0.5) is 0 Å². The Hall–Kier alpha value is -3.66. The molecule has 3 aromatic rings. The number of para-hydroxylation sites is 1. The maximum atomic E-state index is 12.6. The lowest BCUT2D eigenvalue weighted by Gasteiger charge is -2.13. The Morgan fingerprint density at radius 3 is 2.67 bits per heavy atom. The molecule has 0 unspecified atom stereocenters. The van der Waals surface area contributed by atoms with E-state index in [-0.39, 0.29) is 23.3 Å². The molecule has 1 aromatic heterocycles. The lowest BCUT2D eigenvalue weighted by Crippen LogP contribution is -2.42. The van der Waals surface area contributed by atoms with Gasteiger partial charge in [0, 0.05) is 18.5 Å². The number of benzene rings is 2. The normalized spacial score (nSPS) is 10.6. The van der Waals surface area contributed by atoms with E-state index in [9.17, 15) is 14.4 Å². The lowest BCUT2D eigenvalue weighted by molar-refractivity contribution is -0.122. The summed E-state index contributed by atoms with van der Waals surface area (Å²) in [4.78, 5) is 40.3. The zero-order chi connectivity index (χ0) is 23.8. The molecule has 10 heteroatoms. The van der Waals surface area contributed by atoms with Gasteiger partial charge in [-0.2, -0.15) is 0 Å². The number of hydrogen-bond acceptors (Lipinski definition) is 6. The van der Waals surface area contributed by atoms with Crippen LogP contribution in [0.3, 0.4) is 0 Å². The van der Waals surface area contributed by atoms with E-state index < -0.39 is 11.8 Å². The van der Waals surface area contributed by atoms with Gasteiger partial charge in [0.1, 0.15) is 0 Å². The molecule has 0 aliphatic rings. The third kappa shape index (κ3) is 5.98. The number of nitrogens with zero attached hydrogens (tertiary/aromatic N) is 1. The summed E-state index contributed by atoms with van der Waals surface area (Å²) in [6.07, 6.45) is 1.86. The van der Waals surface area contributed by atoms with Gasteiger partial charge in [-0.05, 0) is 49.0 Å². The first-order chi connectivity index (χ1) is 15.9. The molecule has 3 rings (SSSR count). The highest BCUT2D eigenvalue weighted by Crippen LogP contribution is 2.28. The second-order valence-electron chi connectivity index (χ2n) is 7.25. The first-order valence-electron chi connectivity index (χ1n) is 10.6. The van der Waals surface area contributed by atoms with Crippen molar-refractivity contribution in [2.45, 2.75) is 32.7 Å². The number of carbonyl (C=O) groups is 2. The largest absolute Gasteiger partial charge is 0.493 e. The molecule has 0 bridgehead atoms. The Bertz CT molecular complexity index is 1270. The average Bonchev–Trinajstić information content (AvgIpc) is 2.82. The molecule has 0 aliphatic carbocycles. The molecule has 0 radical (unpaired) electrons. The number of fused-ring (bicyclic) bond motifs is 1. The molecule has 0 saturated heterocycles. The van der Waals surface area contributed by atoms with E-state index >= 15 is 0 Å². The van der Waals surface area contributed by atoms with E-state index in [2.05, 4.69) is 22.8 Å². The summed E-state index contributed by atoms with van der Waals surface area (Å²) in [7, 11) is 1.49. The van der Waals surface area contributed by atoms with Crippen molar-refractivity contribution in [2.24, 2.45) is 0 Å². The second-order valence-corrected chi connectivity index (χ2v) is 7.64. The van der Waals surface area contributed by atoms with Gasteiger partial charge in [-0.15, -0.1) is 0 Å². The quantitative estimate of drug-likeness (QED) is 0.252. The molecule has 33 heavy (non-hydrogen) atoms. The number of hydrazine groups is 1. The zero-order valence-electron chi connectivity index (χ0n) is 18.5. The summed E-state index contributed by atoms with van der Waals surface area (Å²) in [6, 6.07) is 11.8. The Morgan fingerprint density at radius 2 is 1.91 bits per heavy atom. The number of carbonyl (C=O) groups excluding carboxylic acids is 2. The molecule has 174 valence electrons. The van der Waals surface area contributed by atoms with Gasteiger partial charge in [0.05, 0.1) is 24.6 Å². The van der Waals surface area contributed by atoms with Gasteiger partial charge in [-0.3, -0.25) is 29.8 Å². The van der Waals surface area contributed by atoms with Crippen LogP contribution in [0, 0.1) is 4.77 Å². The molecule has 3 N–H and O–H groups in total. The predicted molar refractivity (Wildman–Crippen MR) is 127 cm³/mol. The summed E-state index contributed by atoms with van der Waals surface area (Å²) in [5, 5.41) is 0.482. The van der Waals surface area contributed by atoms with Gasteiger partial charge >= 0.3 is 0 Å². The Morgan fingerprint density at radius 1 is 1.12 bits per heavy atom. The van der Waals surface area contributed by atoms with Crippen LogP contribution in [-0.4, -0.2) is 35.1 Å². The first kappa shape index (κ1) is 24.0. The van der Waals surface area contributed by atoms with Crippen molar-refractivity contribution in [3.63, 3.8) is 0 Å². The maximum Gasteiger partial charge on any atom is 0.269 e. The monoisotopic (exact) mass is 470 g/mol. The fraction of sp³-hybridized carbons (Fsp3) is 0.304. The standard InChI is InChI=1S/C23H26N4O5S/c1-3-4-13-32-18-10-9-15(14-19(18)31-2)21(29)26-25-20(28)11-12-27-22(30)16-7-5-6-8-17(16)24-23(27)33/h5-10,14H,3-4,11-13H2,1-2H3,(H,24,33)(H,25,28)(H,26,29). The number of nitrogens with one attached hydrogen (secondary N) is 3. The Labute approximate surface area is 195 Å². The van der Waals surface area contributed by atoms with E-state index in [4.69, 9.17) is 21.7 Å². The summed E-state index contributed by atoms with van der Waals surface area (Å²) in [5.74, 6) is -0.00918. The molecule has 0 atom stereocenters. The number of hydrogen-bond donors (Lipinski definition) is 3. The van der Waals surface area contributed by atoms with Gasteiger partial charge in [-0.1, -0.05) is 25.5 Å². The smallest absolute Gasteiger partial charge is 0.269 e. The van der Waals surface area contributed by atoms with Crippen molar-refractivity contribution in [1.29, 1.82) is 0 Å². The zero-order valence-corrected chi connectivity index (χ0v) is 19.3. The number of rotatable bonds is 9. The highest BCUT2D eigenvalue weighted by molar-refractivity contribution is 7.71. The summed E-state index contributed by atoms with van der Waals surface area (Å²) < 4.78 is 12.5. The van der Waals surface area contributed by atoms with Crippen molar-refractivity contribution in [3.8, 4) is 11.5 Å². The lowest BCUT2D eigenvalue weighted by atomic mass is 10.2. The summed E-state index contributed by atoms with van der Waals surface area (Å²) in [6.45, 7) is 2.69. The highest BCUT2D eigenvalue weighted by atomic mass is 32.1. The van der Waals surface area contributed by atoms with Crippen LogP contribution < -0.4 is 25.9 Å². The number of aromatic amines is 1. The van der Waals surface area contributed by atoms with Crippen LogP contribution in [-0.2, 0) is 11.3 Å². The van der Waals surface area contributed by atoms with Crippen molar-refractivity contribution in [3.05, 3.63) is 63.2 Å². The van der Waals surface area contributed by atoms with E-state index in [0.29, 0.717) is 34.6 Å². The molecule has 0 fully saturated rings. The minimum absolute atomic E-state index is 0.0520. The van der Waals surface area contributed by atoms with Gasteiger partial charge < -0.3 is 14.5 Å². The topological polar surface area (TPSA) is 114 Å². The van der Waals surface area contributed by atoms with Gasteiger partial charge in [-0.25, -0.2) is 0 Å². The first-order valence-corrected chi connectivity index (χ1v) is 11.0. The van der Waals surface area contributed by atoms with E-state index in [1.54, 1.807) is 36.4 Å². The maximum absolute atomic E-state index is 12.6. The molecular formula is C23H26N4O5S. The summed E-state index contributed by atoms with van der Waals surface area (Å²) in [5.41, 5.74) is 5.37. The van der Waals surface area contributed by atoms with Gasteiger partial charge in [0.2, 0.25) is 5.91 Å². The van der Waals surface area contributed by atoms with E-state index in [0.717, 1.165) is 12.8 Å². The number of unbranched alkanes of at least 4 members (excludes halogenated alkanes) is 1. The second kappa shape index (κ2) is 11.3. The SMILES string of the molecule is CCCCOc1ccc(C(=O)NNC(=O)CCn2c(=S)[nH]c3ccccc3c2=O)cc1OC. The van der Waals surface area contributed by atoms with Crippen LogP contribution in [0.1, 0.15) is 36.5 Å². The molecular weight excluding hydrogens is 444 g/mol. The molecule has 2 aromatic carbocycles. The van der Waals surface area contributed by atoms with Crippen LogP contribution in [0.25, 0.3) is 10.9 Å². The van der Waals surface area contributed by atoms with Crippen LogP contribution in [0.5, 0.6) is 11.5 Å². The number of ether oxygens (including phenoxy) is 2. The number of H-pyrrole nitrogens is 1. The van der Waals surface area contributed by atoms with E-state index in [1.165, 1.54) is 17.7 Å². The minimum Gasteiger partial charge on any atom is -0.493 e. The van der Waals surface area contributed by atoms with Crippen molar-refractivity contribution < 1.29 is 19.1 Å². The van der Waals surface area contributed by atoms with Crippen LogP contribution in [0.2, 0.25) is 0 Å². The van der Waals surface area contributed by atoms with Crippen LogP contribution in [0.15, 0.2) is 47.3 Å². The van der Waals surface area contributed by atoms with Gasteiger partial charge in [0.15, 0.2) is 16.3 Å². The van der Waals surface area contributed by atoms with Crippen molar-refractivity contribution >= 4 is 34.9 Å². The third-order valence-electron chi connectivity index (χ3n) is 4.95. The molecule has 1 heterocycles. The molecule has 9 nitrogen and oxygen atoms in total. The molecule has 0 saturated carbocycles. The third-order valence-corrected chi connectivity index (χ3v) is 5.27. The van der Waals surface area contributed by atoms with Crippen LogP contribution >= 0.6 is 12.2 Å². The summed E-state index contributed by atoms with van der Waals surface area (Å²) >= 11 is 5.24. The fourth-order valence-corrected chi connectivity index (χ4v) is 3.42. The Kier molecular flexibility index (Phi) is 8.20. The molecule has 0 aliphatic heterocycles. The average molecular weight is 471 g/mol. The van der Waals surface area contributed by atoms with E-state index in [1.807, 2.05) is 0 Å². The number of amides is 2. The highest BCUT2D eigenvalue weighted by Gasteiger charge is 2.13. The van der Waals surface area contributed by atoms with Crippen molar-refractivity contribution in [1.82, 2.24) is 20.4 Å². The molecule has 2 amide bonds. The Balaban J connectivity index is 1.58. The van der Waals surface area contributed by atoms with Crippen molar-refractivity contribution in [2.75, 3.05) is 13.7 Å². The fourth-order valence-electron chi connectivity index (χ4n) is 3.13. The molecule has 0 spiro atoms. The van der Waals surface area contributed by atoms with Gasteiger partial charge in [0.25, 0.3) is 11.5 Å².